The lowest BCUT2D eigenvalue weighted by Crippen LogP contribution is -2.45. The quantitative estimate of drug-likeness (QED) is 0.557. The van der Waals surface area contributed by atoms with E-state index >= 15 is 0 Å². The predicted octanol–water partition coefficient (Wildman–Crippen LogP) is 0.536. The fourth-order valence-electron chi connectivity index (χ4n) is 2.20. The molecule has 3 nitrogen and oxygen atoms in total. The van der Waals surface area contributed by atoms with Crippen LogP contribution in [-0.4, -0.2) is 34.6 Å². The molecule has 1 unspecified atom stereocenters. The smallest absolute Gasteiger partial charge is 0.118 e. The molecular weight excluding hydrogens is 142 g/mol. The third-order valence-electron chi connectivity index (χ3n) is 2.72. The number of hydrogen-bond donors (Lipinski definition) is 1. The molecule has 1 N–H and O–H groups in total. The van der Waals surface area contributed by atoms with Gasteiger partial charge in [0.05, 0.1) is 6.61 Å². The first-order chi connectivity index (χ1) is 5.11. The molecule has 2 aliphatic heterocycles. The summed E-state index contributed by atoms with van der Waals surface area (Å²) >= 11 is 0. The zero-order valence-electron chi connectivity index (χ0n) is 7.08. The van der Waals surface area contributed by atoms with Crippen LogP contribution in [0.15, 0.2) is 0 Å². The normalized spacial score (nSPS) is 42.8. The van der Waals surface area contributed by atoms with Gasteiger partial charge in [0.15, 0.2) is 0 Å². The van der Waals surface area contributed by atoms with E-state index in [2.05, 4.69) is 4.90 Å². The number of hydrogen-bond acceptors (Lipinski definition) is 3. The third kappa shape index (κ3) is 0.991. The van der Waals surface area contributed by atoms with E-state index in [-0.39, 0.29) is 12.0 Å². The van der Waals surface area contributed by atoms with Crippen molar-refractivity contribution in [1.29, 1.82) is 0 Å². The van der Waals surface area contributed by atoms with Gasteiger partial charge in [-0.05, 0) is 26.7 Å². The maximum absolute atomic E-state index is 9.58. The topological polar surface area (TPSA) is 32.7 Å². The highest BCUT2D eigenvalue weighted by Crippen LogP contribution is 2.36. The zero-order chi connectivity index (χ0) is 8.06. The van der Waals surface area contributed by atoms with E-state index < -0.39 is 0 Å². The van der Waals surface area contributed by atoms with Crippen molar-refractivity contribution < 1.29 is 9.84 Å². The van der Waals surface area contributed by atoms with E-state index in [0.717, 1.165) is 19.4 Å². The number of ether oxygens (including phenoxy) is 1. The first kappa shape index (κ1) is 7.53. The molecule has 11 heavy (non-hydrogen) atoms. The van der Waals surface area contributed by atoms with E-state index in [0.29, 0.717) is 6.04 Å². The Kier molecular flexibility index (Phi) is 1.50. The largest absolute Gasteiger partial charge is 0.378 e. The van der Waals surface area contributed by atoms with E-state index in [4.69, 9.17) is 4.74 Å². The molecule has 0 aliphatic carbocycles. The van der Waals surface area contributed by atoms with Crippen molar-refractivity contribution in [1.82, 2.24) is 4.90 Å². The second kappa shape index (κ2) is 2.19. The van der Waals surface area contributed by atoms with Crippen LogP contribution in [0, 0.1) is 0 Å². The first-order valence-corrected chi connectivity index (χ1v) is 4.22. The Balaban J connectivity index is 2.20. The maximum atomic E-state index is 9.58. The van der Waals surface area contributed by atoms with Crippen LogP contribution in [0.2, 0.25) is 0 Å². The number of fused-ring (bicyclic) bond motifs is 1. The lowest BCUT2D eigenvalue weighted by molar-refractivity contribution is -0.114. The van der Waals surface area contributed by atoms with Gasteiger partial charge < -0.3 is 9.84 Å². The maximum Gasteiger partial charge on any atom is 0.118 e. The van der Waals surface area contributed by atoms with Crippen LogP contribution < -0.4 is 0 Å². The highest BCUT2D eigenvalue weighted by Gasteiger charge is 2.47. The average Bonchev–Trinajstić information content (AvgIpc) is 2.38. The Labute approximate surface area is 66.9 Å². The second-order valence-electron chi connectivity index (χ2n) is 3.88. The van der Waals surface area contributed by atoms with Gasteiger partial charge in [0, 0.05) is 6.04 Å². The molecule has 2 fully saturated rings. The first-order valence-electron chi connectivity index (χ1n) is 4.22. The molecule has 0 amide bonds. The summed E-state index contributed by atoms with van der Waals surface area (Å²) in [6, 6.07) is 0.458. The van der Waals surface area contributed by atoms with Crippen LogP contribution in [0.4, 0.5) is 0 Å². The Bertz CT molecular complexity index is 169. The van der Waals surface area contributed by atoms with Crippen LogP contribution in [-0.2, 0) is 4.74 Å². The zero-order valence-corrected chi connectivity index (χ0v) is 7.08. The summed E-state index contributed by atoms with van der Waals surface area (Å²) < 4.78 is 5.54. The summed E-state index contributed by atoms with van der Waals surface area (Å²) in [6.45, 7) is 4.81. The van der Waals surface area contributed by atoms with Crippen LogP contribution in [0.3, 0.4) is 0 Å². The average molecular weight is 157 g/mol. The fourth-order valence-corrected chi connectivity index (χ4v) is 2.20. The molecule has 3 heteroatoms. The number of nitrogens with zero attached hydrogens (tertiary/aromatic N) is 1. The molecule has 0 saturated carbocycles. The molecular formula is C8H15NO2. The minimum atomic E-state index is -0.280. The van der Waals surface area contributed by atoms with E-state index in [1.54, 1.807) is 0 Å². The van der Waals surface area contributed by atoms with Gasteiger partial charge in [-0.15, -0.1) is 0 Å². The van der Waals surface area contributed by atoms with Crippen LogP contribution in [0.25, 0.3) is 0 Å². The fraction of sp³-hybridized carbons (Fsp3) is 1.00. The summed E-state index contributed by atoms with van der Waals surface area (Å²) in [5.74, 6) is 0. The highest BCUT2D eigenvalue weighted by atomic mass is 16.5. The lowest BCUT2D eigenvalue weighted by Gasteiger charge is -2.31. The Morgan fingerprint density at radius 2 is 2.18 bits per heavy atom. The molecule has 0 bridgehead atoms. The van der Waals surface area contributed by atoms with Gasteiger partial charge in [0.2, 0.25) is 0 Å². The van der Waals surface area contributed by atoms with Crippen molar-refractivity contribution >= 4 is 0 Å². The summed E-state index contributed by atoms with van der Waals surface area (Å²) in [7, 11) is 0. The Hall–Kier alpha value is -0.120. The Morgan fingerprint density at radius 1 is 1.45 bits per heavy atom. The molecule has 0 aromatic carbocycles. The third-order valence-corrected chi connectivity index (χ3v) is 2.72. The molecule has 2 saturated heterocycles. The van der Waals surface area contributed by atoms with Gasteiger partial charge in [-0.2, -0.15) is 0 Å². The predicted molar refractivity (Wildman–Crippen MR) is 40.9 cm³/mol. The van der Waals surface area contributed by atoms with E-state index in [1.807, 2.05) is 13.8 Å². The summed E-state index contributed by atoms with van der Waals surface area (Å²) in [5.41, 5.74) is -0.249. The molecule has 64 valence electrons. The molecule has 0 aromatic rings. The molecule has 2 heterocycles. The van der Waals surface area contributed by atoms with Crippen LogP contribution >= 0.6 is 0 Å². The van der Waals surface area contributed by atoms with Gasteiger partial charge in [-0.3, -0.25) is 0 Å². The van der Waals surface area contributed by atoms with Crippen molar-refractivity contribution in [2.24, 2.45) is 0 Å². The summed E-state index contributed by atoms with van der Waals surface area (Å²) in [6.07, 6.45) is 1.69. The number of aliphatic hydroxyl groups is 1. The summed E-state index contributed by atoms with van der Waals surface area (Å²) in [4.78, 5) is 2.08. The minimum Gasteiger partial charge on any atom is -0.378 e. The SMILES string of the molecule is CC1(C)OC[C@H]2CCC(O)N21. The van der Waals surface area contributed by atoms with Crippen LogP contribution in [0.1, 0.15) is 26.7 Å². The molecule has 0 radical (unpaired) electrons. The van der Waals surface area contributed by atoms with Crippen molar-refractivity contribution in [2.45, 2.75) is 44.7 Å². The van der Waals surface area contributed by atoms with Gasteiger partial charge in [0.1, 0.15) is 12.0 Å². The Morgan fingerprint density at radius 3 is 2.82 bits per heavy atom. The van der Waals surface area contributed by atoms with Crippen molar-refractivity contribution in [3.05, 3.63) is 0 Å². The number of aliphatic hydroxyl groups excluding tert-OH is 1. The van der Waals surface area contributed by atoms with Crippen molar-refractivity contribution in [3.8, 4) is 0 Å². The monoisotopic (exact) mass is 157 g/mol. The standard InChI is InChI=1S/C8H15NO2/c1-8(2)9-6(5-11-8)3-4-7(9)10/h6-7,10H,3-5H2,1-2H3/t6-,7?/m1/s1. The van der Waals surface area contributed by atoms with Gasteiger partial charge in [-0.25, -0.2) is 4.90 Å². The van der Waals surface area contributed by atoms with Gasteiger partial charge in [0.25, 0.3) is 0 Å². The molecule has 2 atom stereocenters. The van der Waals surface area contributed by atoms with Crippen LogP contribution in [0.5, 0.6) is 0 Å². The van der Waals surface area contributed by atoms with E-state index in [9.17, 15) is 5.11 Å². The van der Waals surface area contributed by atoms with Crippen molar-refractivity contribution in [2.75, 3.05) is 6.61 Å². The molecule has 0 spiro atoms. The molecule has 2 aliphatic rings. The van der Waals surface area contributed by atoms with Crippen molar-refractivity contribution in [3.63, 3.8) is 0 Å². The van der Waals surface area contributed by atoms with E-state index in [1.165, 1.54) is 0 Å². The van der Waals surface area contributed by atoms with Gasteiger partial charge in [-0.1, -0.05) is 0 Å². The second-order valence-corrected chi connectivity index (χ2v) is 3.88. The highest BCUT2D eigenvalue weighted by molar-refractivity contribution is 4.93. The molecule has 2 rings (SSSR count). The minimum absolute atomic E-state index is 0.249. The molecule has 0 aromatic heterocycles. The summed E-state index contributed by atoms with van der Waals surface area (Å²) in [5, 5.41) is 9.58. The van der Waals surface area contributed by atoms with Gasteiger partial charge >= 0.3 is 0 Å². The lowest BCUT2D eigenvalue weighted by atomic mass is 10.2. The number of rotatable bonds is 0.